The van der Waals surface area contributed by atoms with Crippen molar-refractivity contribution in [2.45, 2.75) is 12.5 Å². The van der Waals surface area contributed by atoms with Crippen LogP contribution in [0.15, 0.2) is 18.2 Å². The summed E-state index contributed by atoms with van der Waals surface area (Å²) in [4.78, 5) is 0. The summed E-state index contributed by atoms with van der Waals surface area (Å²) in [5.41, 5.74) is 7.03. The highest BCUT2D eigenvalue weighted by molar-refractivity contribution is 7.85. The third-order valence-electron chi connectivity index (χ3n) is 3.08. The molecule has 1 aromatic rings. The Balaban J connectivity index is 2.01. The summed E-state index contributed by atoms with van der Waals surface area (Å²) in [5.74, 6) is 2.40. The molecule has 2 rings (SSSR count). The molecule has 0 radical (unpaired) electrons. The van der Waals surface area contributed by atoms with Crippen LogP contribution in [0.2, 0.25) is 0 Å². The van der Waals surface area contributed by atoms with Gasteiger partial charge in [0.15, 0.2) is 11.5 Å². The van der Waals surface area contributed by atoms with Crippen molar-refractivity contribution in [3.05, 3.63) is 23.8 Å². The van der Waals surface area contributed by atoms with E-state index in [4.69, 9.17) is 19.9 Å². The first-order valence-corrected chi connectivity index (χ1v) is 8.18. The lowest BCUT2D eigenvalue weighted by molar-refractivity contribution is 0.218. The maximum Gasteiger partial charge on any atom is 0.161 e. The Morgan fingerprint density at radius 3 is 2.85 bits per heavy atom. The number of methoxy groups -OCH3 is 1. The minimum Gasteiger partial charge on any atom is -0.490 e. The van der Waals surface area contributed by atoms with E-state index in [0.29, 0.717) is 31.3 Å². The molecule has 0 spiro atoms. The van der Waals surface area contributed by atoms with Crippen molar-refractivity contribution in [3.8, 4) is 11.5 Å². The van der Waals surface area contributed by atoms with Crippen LogP contribution in [-0.2, 0) is 15.5 Å². The van der Waals surface area contributed by atoms with E-state index < -0.39 is 10.8 Å². The van der Waals surface area contributed by atoms with Gasteiger partial charge in [-0.3, -0.25) is 4.21 Å². The number of rotatable bonds is 6. The van der Waals surface area contributed by atoms with Gasteiger partial charge in [0.1, 0.15) is 0 Å². The van der Waals surface area contributed by atoms with Crippen molar-refractivity contribution in [3.63, 3.8) is 0 Å². The van der Waals surface area contributed by atoms with E-state index in [1.54, 1.807) is 7.11 Å². The molecule has 2 N–H and O–H groups in total. The molecule has 0 amide bonds. The fourth-order valence-electron chi connectivity index (χ4n) is 1.97. The minimum absolute atomic E-state index is 0.273. The van der Waals surface area contributed by atoms with Crippen molar-refractivity contribution < 1.29 is 18.4 Å². The van der Waals surface area contributed by atoms with Crippen LogP contribution in [0.1, 0.15) is 18.0 Å². The zero-order chi connectivity index (χ0) is 14.4. The Hall–Kier alpha value is -1.11. The molecule has 1 aromatic carbocycles. The molecule has 0 aliphatic carbocycles. The highest BCUT2D eigenvalue weighted by Gasteiger charge is 2.15. The Morgan fingerprint density at radius 2 is 2.10 bits per heavy atom. The number of nitrogens with two attached hydrogens (primary N) is 1. The second-order valence-corrected chi connectivity index (χ2v) is 6.29. The molecule has 5 nitrogen and oxygen atoms in total. The van der Waals surface area contributed by atoms with Gasteiger partial charge in [0.05, 0.1) is 19.8 Å². The zero-order valence-electron chi connectivity index (χ0n) is 11.7. The Bertz CT molecular complexity index is 466. The summed E-state index contributed by atoms with van der Waals surface area (Å²) in [5, 5.41) is 0. The SMILES string of the molecule is COCCS(=O)CC(N)c1ccc2c(c1)OCCCO2. The predicted octanol–water partition coefficient (Wildman–Crippen LogP) is 1.24. The second-order valence-electron chi connectivity index (χ2n) is 4.67. The topological polar surface area (TPSA) is 70.8 Å². The molecule has 0 saturated carbocycles. The third kappa shape index (κ3) is 4.19. The van der Waals surface area contributed by atoms with Gasteiger partial charge in [0, 0.05) is 41.9 Å². The lowest BCUT2D eigenvalue weighted by Crippen LogP contribution is -2.21. The van der Waals surface area contributed by atoms with Gasteiger partial charge in [-0.25, -0.2) is 0 Å². The standard InChI is InChI=1S/C14H21NO4S/c1-17-7-8-20(16)10-12(15)11-3-4-13-14(9-11)19-6-2-5-18-13/h3-4,9,12H,2,5-8,10,15H2,1H3. The normalized spacial score (nSPS) is 17.3. The largest absolute Gasteiger partial charge is 0.490 e. The van der Waals surface area contributed by atoms with Gasteiger partial charge in [-0.15, -0.1) is 0 Å². The average Bonchev–Trinajstić information content (AvgIpc) is 2.69. The van der Waals surface area contributed by atoms with Crippen molar-refractivity contribution in [1.29, 1.82) is 0 Å². The van der Waals surface area contributed by atoms with Crippen LogP contribution < -0.4 is 15.2 Å². The number of benzene rings is 1. The van der Waals surface area contributed by atoms with Gasteiger partial charge in [0.25, 0.3) is 0 Å². The van der Waals surface area contributed by atoms with Crippen LogP contribution in [-0.4, -0.2) is 42.6 Å². The van der Waals surface area contributed by atoms with Crippen LogP contribution in [0, 0.1) is 0 Å². The van der Waals surface area contributed by atoms with E-state index >= 15 is 0 Å². The van der Waals surface area contributed by atoms with Crippen LogP contribution in [0.5, 0.6) is 11.5 Å². The predicted molar refractivity (Wildman–Crippen MR) is 78.7 cm³/mol. The highest BCUT2D eigenvalue weighted by Crippen LogP contribution is 2.32. The van der Waals surface area contributed by atoms with Gasteiger partial charge in [-0.1, -0.05) is 6.07 Å². The van der Waals surface area contributed by atoms with E-state index in [0.717, 1.165) is 23.5 Å². The summed E-state index contributed by atoms with van der Waals surface area (Å²) < 4.78 is 28.0. The van der Waals surface area contributed by atoms with Crippen LogP contribution >= 0.6 is 0 Å². The Kier molecular flexibility index (Phi) is 5.82. The molecule has 2 unspecified atom stereocenters. The molecular formula is C14H21NO4S. The molecule has 0 saturated heterocycles. The van der Waals surface area contributed by atoms with Crippen LogP contribution in [0.3, 0.4) is 0 Å². The quantitative estimate of drug-likeness (QED) is 0.856. The lowest BCUT2D eigenvalue weighted by atomic mass is 10.1. The van der Waals surface area contributed by atoms with E-state index in [2.05, 4.69) is 0 Å². The second kappa shape index (κ2) is 7.61. The van der Waals surface area contributed by atoms with Gasteiger partial charge in [0.2, 0.25) is 0 Å². The van der Waals surface area contributed by atoms with Crippen molar-refractivity contribution in [2.24, 2.45) is 5.73 Å². The summed E-state index contributed by atoms with van der Waals surface area (Å²) in [6, 6.07) is 5.39. The van der Waals surface area contributed by atoms with E-state index in [1.165, 1.54) is 0 Å². The first-order valence-electron chi connectivity index (χ1n) is 6.69. The summed E-state index contributed by atoms with van der Waals surface area (Å²) >= 11 is 0. The van der Waals surface area contributed by atoms with Crippen molar-refractivity contribution >= 4 is 10.8 Å². The van der Waals surface area contributed by atoms with Crippen molar-refractivity contribution in [2.75, 3.05) is 38.4 Å². The maximum atomic E-state index is 11.8. The van der Waals surface area contributed by atoms with E-state index in [9.17, 15) is 4.21 Å². The summed E-state index contributed by atoms with van der Waals surface area (Å²) in [6.45, 7) is 1.80. The van der Waals surface area contributed by atoms with Gasteiger partial charge < -0.3 is 19.9 Å². The molecular weight excluding hydrogens is 278 g/mol. The van der Waals surface area contributed by atoms with E-state index in [-0.39, 0.29) is 6.04 Å². The third-order valence-corrected chi connectivity index (χ3v) is 4.43. The lowest BCUT2D eigenvalue weighted by Gasteiger charge is -2.14. The Labute approximate surface area is 121 Å². The molecule has 112 valence electrons. The van der Waals surface area contributed by atoms with Crippen LogP contribution in [0.4, 0.5) is 0 Å². The molecule has 6 heteroatoms. The van der Waals surface area contributed by atoms with Crippen molar-refractivity contribution in [1.82, 2.24) is 0 Å². The molecule has 20 heavy (non-hydrogen) atoms. The Morgan fingerprint density at radius 1 is 1.35 bits per heavy atom. The molecule has 1 aliphatic rings. The minimum atomic E-state index is -0.978. The first-order chi connectivity index (χ1) is 9.70. The number of hydrogen-bond donors (Lipinski definition) is 1. The van der Waals surface area contributed by atoms with E-state index in [1.807, 2.05) is 18.2 Å². The fraction of sp³-hybridized carbons (Fsp3) is 0.571. The highest BCUT2D eigenvalue weighted by atomic mass is 32.2. The molecule has 0 aromatic heterocycles. The maximum absolute atomic E-state index is 11.8. The molecule has 0 bridgehead atoms. The zero-order valence-corrected chi connectivity index (χ0v) is 12.5. The monoisotopic (exact) mass is 299 g/mol. The number of hydrogen-bond acceptors (Lipinski definition) is 5. The average molecular weight is 299 g/mol. The fourth-order valence-corrected chi connectivity index (χ4v) is 3.08. The number of fused-ring (bicyclic) bond motifs is 1. The smallest absolute Gasteiger partial charge is 0.161 e. The molecule has 1 aliphatic heterocycles. The summed E-state index contributed by atoms with van der Waals surface area (Å²) in [7, 11) is 0.620. The number of ether oxygens (including phenoxy) is 3. The molecule has 2 atom stereocenters. The molecule has 1 heterocycles. The summed E-state index contributed by atoms with van der Waals surface area (Å²) in [6.07, 6.45) is 0.872. The first kappa shape index (κ1) is 15.3. The van der Waals surface area contributed by atoms with Gasteiger partial charge in [-0.2, -0.15) is 0 Å². The van der Waals surface area contributed by atoms with Crippen LogP contribution in [0.25, 0.3) is 0 Å². The van der Waals surface area contributed by atoms with Gasteiger partial charge in [-0.05, 0) is 17.7 Å². The van der Waals surface area contributed by atoms with Gasteiger partial charge >= 0.3 is 0 Å². The molecule has 0 fully saturated rings.